The number of ether oxygens (including phenoxy) is 2. The van der Waals surface area contributed by atoms with Gasteiger partial charge in [0.15, 0.2) is 23.0 Å². The molecule has 0 N–H and O–H groups in total. The molecule has 3 aliphatic rings. The fraction of sp³-hybridized carbons (Fsp3) is 0.0690. The average molecular weight is 812 g/mol. The third-order valence-corrected chi connectivity index (χ3v) is 13.5. The van der Waals surface area contributed by atoms with Gasteiger partial charge in [-0.3, -0.25) is 0 Å². The maximum atomic E-state index is 6.35. The molecule has 0 fully saturated rings. The Balaban J connectivity index is 0.991. The first-order chi connectivity index (χ1) is 30.9. The van der Waals surface area contributed by atoms with E-state index in [2.05, 4.69) is 181 Å². The number of hydrogen-bond donors (Lipinski definition) is 0. The number of para-hydroxylation sites is 9. The first-order valence-electron chi connectivity index (χ1n) is 21.7. The van der Waals surface area contributed by atoms with Crippen LogP contribution in [0, 0.1) is 0 Å². The molecule has 5 nitrogen and oxygen atoms in total. The SMILES string of the molecule is Cn1c2c(-c3ccc(N4c5ccccc5Oc5ccccc54)cc3)cccc2c2c3c(cc(-c4ccc(N5c6ccccc6Oc6ccccc65)cc4)c21)-c1ccccc1C3(C)C. The van der Waals surface area contributed by atoms with Crippen molar-refractivity contribution in [1.29, 1.82) is 0 Å². The van der Waals surface area contributed by atoms with Crippen LogP contribution in [0.15, 0.2) is 194 Å². The summed E-state index contributed by atoms with van der Waals surface area (Å²) in [6.07, 6.45) is 0. The molecule has 63 heavy (non-hydrogen) atoms. The van der Waals surface area contributed by atoms with Crippen molar-refractivity contribution >= 4 is 55.9 Å². The van der Waals surface area contributed by atoms with Gasteiger partial charge in [-0.2, -0.15) is 0 Å². The van der Waals surface area contributed by atoms with Gasteiger partial charge < -0.3 is 23.8 Å². The van der Waals surface area contributed by atoms with E-state index < -0.39 is 0 Å². The van der Waals surface area contributed by atoms with Crippen molar-refractivity contribution in [2.75, 3.05) is 9.80 Å². The summed E-state index contributed by atoms with van der Waals surface area (Å²) in [4.78, 5) is 4.60. The third kappa shape index (κ3) is 5.11. The maximum absolute atomic E-state index is 6.35. The molecule has 1 aromatic heterocycles. The van der Waals surface area contributed by atoms with Gasteiger partial charge in [0.05, 0.1) is 33.8 Å². The molecule has 0 atom stereocenters. The first kappa shape index (κ1) is 35.7. The van der Waals surface area contributed by atoms with Crippen molar-refractivity contribution in [3.05, 3.63) is 205 Å². The van der Waals surface area contributed by atoms with Crippen LogP contribution in [0.2, 0.25) is 0 Å². The molecule has 0 bridgehead atoms. The summed E-state index contributed by atoms with van der Waals surface area (Å²) < 4.78 is 15.1. The second-order valence-electron chi connectivity index (χ2n) is 17.3. The van der Waals surface area contributed by atoms with Crippen molar-refractivity contribution in [2.24, 2.45) is 7.05 Å². The number of hydrogen-bond acceptors (Lipinski definition) is 4. The highest BCUT2D eigenvalue weighted by Crippen LogP contribution is 2.57. The first-order valence-corrected chi connectivity index (χ1v) is 21.7. The van der Waals surface area contributed by atoms with Crippen LogP contribution in [-0.2, 0) is 12.5 Å². The molecule has 3 heterocycles. The van der Waals surface area contributed by atoms with Crippen LogP contribution in [0.5, 0.6) is 23.0 Å². The maximum Gasteiger partial charge on any atom is 0.151 e. The Hall–Kier alpha value is -8.02. The Morgan fingerprint density at radius 3 is 1.37 bits per heavy atom. The summed E-state index contributed by atoms with van der Waals surface area (Å²) in [5.74, 6) is 3.39. The van der Waals surface area contributed by atoms with Gasteiger partial charge in [-0.05, 0) is 112 Å². The zero-order chi connectivity index (χ0) is 42.0. The lowest BCUT2D eigenvalue weighted by atomic mass is 9.79. The van der Waals surface area contributed by atoms with Crippen molar-refractivity contribution in [3.8, 4) is 56.4 Å². The van der Waals surface area contributed by atoms with Crippen LogP contribution in [0.4, 0.5) is 34.1 Å². The number of aryl methyl sites for hydroxylation is 1. The van der Waals surface area contributed by atoms with Crippen molar-refractivity contribution in [1.82, 2.24) is 4.57 Å². The summed E-state index contributed by atoms with van der Waals surface area (Å²) in [5, 5.41) is 2.59. The lowest BCUT2D eigenvalue weighted by Gasteiger charge is -2.32. The second-order valence-corrected chi connectivity index (χ2v) is 17.3. The molecule has 0 unspecified atom stereocenters. The number of aromatic nitrogens is 1. The topological polar surface area (TPSA) is 29.9 Å². The van der Waals surface area contributed by atoms with Crippen LogP contribution in [0.3, 0.4) is 0 Å². The van der Waals surface area contributed by atoms with Gasteiger partial charge in [0.25, 0.3) is 0 Å². The van der Waals surface area contributed by atoms with Crippen molar-refractivity contribution in [2.45, 2.75) is 19.3 Å². The van der Waals surface area contributed by atoms with E-state index in [9.17, 15) is 0 Å². The van der Waals surface area contributed by atoms with Gasteiger partial charge in [0.2, 0.25) is 0 Å². The smallest absolute Gasteiger partial charge is 0.151 e. The normalized spacial score (nSPS) is 14.0. The summed E-state index contributed by atoms with van der Waals surface area (Å²) in [7, 11) is 2.26. The minimum atomic E-state index is -0.194. The molecular weight excluding hydrogens is 771 g/mol. The number of fused-ring (bicyclic) bond motifs is 11. The van der Waals surface area contributed by atoms with E-state index in [0.717, 1.165) is 57.1 Å². The molecule has 300 valence electrons. The lowest BCUT2D eigenvalue weighted by molar-refractivity contribution is 0.477. The largest absolute Gasteiger partial charge is 0.453 e. The molecule has 0 radical (unpaired) electrons. The molecular formula is C58H41N3O2. The van der Waals surface area contributed by atoms with E-state index in [1.807, 2.05) is 48.5 Å². The van der Waals surface area contributed by atoms with Crippen molar-refractivity contribution in [3.63, 3.8) is 0 Å². The molecule has 0 saturated carbocycles. The Bertz CT molecular complexity index is 3420. The van der Waals surface area contributed by atoms with E-state index in [-0.39, 0.29) is 5.41 Å². The van der Waals surface area contributed by atoms with Gasteiger partial charge in [0, 0.05) is 45.7 Å². The van der Waals surface area contributed by atoms with Crippen LogP contribution in [0.25, 0.3) is 55.2 Å². The van der Waals surface area contributed by atoms with E-state index in [1.165, 1.54) is 66.3 Å². The number of rotatable bonds is 4. The average Bonchev–Trinajstić information content (AvgIpc) is 3.76. The van der Waals surface area contributed by atoms with E-state index in [0.29, 0.717) is 0 Å². The van der Waals surface area contributed by atoms with Gasteiger partial charge in [-0.15, -0.1) is 0 Å². The molecule has 0 spiro atoms. The zero-order valence-electron chi connectivity index (χ0n) is 35.1. The Morgan fingerprint density at radius 1 is 0.397 bits per heavy atom. The fourth-order valence-corrected chi connectivity index (χ4v) is 10.8. The Kier molecular flexibility index (Phi) is 7.50. The molecule has 5 heteroatoms. The summed E-state index contributed by atoms with van der Waals surface area (Å²) >= 11 is 0. The monoisotopic (exact) mass is 811 g/mol. The molecule has 10 aromatic rings. The highest BCUT2D eigenvalue weighted by Gasteiger charge is 2.39. The van der Waals surface area contributed by atoms with Crippen LogP contribution >= 0.6 is 0 Å². The standard InChI is InChI=1S/C58H41N3O2/c1-58(2)45-18-5-4-15-41(45)44-35-43(37-29-33-39(34-30-37)61-48-21-8-12-25-52(48)63-53-26-13-9-22-49(53)61)57-54(55(44)58)42-17-14-16-40(56(42)59(57)3)36-27-31-38(32-28-36)60-46-19-6-10-23-50(46)62-51-24-11-7-20-47(51)60/h4-35H,1-3H3. The predicted molar refractivity (Wildman–Crippen MR) is 258 cm³/mol. The van der Waals surface area contributed by atoms with Crippen LogP contribution in [-0.4, -0.2) is 4.57 Å². The molecule has 0 amide bonds. The third-order valence-electron chi connectivity index (χ3n) is 13.5. The van der Waals surface area contributed by atoms with Crippen molar-refractivity contribution < 1.29 is 9.47 Å². The van der Waals surface area contributed by atoms with Crippen LogP contribution in [0.1, 0.15) is 25.0 Å². The Morgan fingerprint density at radius 2 is 0.841 bits per heavy atom. The lowest BCUT2D eigenvalue weighted by Crippen LogP contribution is -2.15. The number of benzene rings is 9. The molecule has 9 aromatic carbocycles. The van der Waals surface area contributed by atoms with Gasteiger partial charge in [-0.1, -0.05) is 129 Å². The molecule has 2 aliphatic heterocycles. The minimum absolute atomic E-state index is 0.194. The highest BCUT2D eigenvalue weighted by molar-refractivity contribution is 6.20. The van der Waals surface area contributed by atoms with Gasteiger partial charge >= 0.3 is 0 Å². The molecule has 1 aliphatic carbocycles. The van der Waals surface area contributed by atoms with E-state index >= 15 is 0 Å². The van der Waals surface area contributed by atoms with E-state index in [4.69, 9.17) is 9.47 Å². The van der Waals surface area contributed by atoms with Gasteiger partial charge in [-0.25, -0.2) is 0 Å². The number of nitrogens with zero attached hydrogens (tertiary/aromatic N) is 3. The minimum Gasteiger partial charge on any atom is -0.453 e. The van der Waals surface area contributed by atoms with E-state index in [1.54, 1.807) is 0 Å². The highest BCUT2D eigenvalue weighted by atomic mass is 16.5. The zero-order valence-corrected chi connectivity index (χ0v) is 35.1. The fourth-order valence-electron chi connectivity index (χ4n) is 10.8. The quantitative estimate of drug-likeness (QED) is 0.177. The predicted octanol–water partition coefficient (Wildman–Crippen LogP) is 16.1. The summed E-state index contributed by atoms with van der Waals surface area (Å²) in [5.41, 5.74) is 18.7. The summed E-state index contributed by atoms with van der Waals surface area (Å²) in [6, 6.07) is 69.5. The summed E-state index contributed by atoms with van der Waals surface area (Å²) in [6.45, 7) is 4.79. The molecule has 13 rings (SSSR count). The second kappa shape index (κ2) is 13.2. The van der Waals surface area contributed by atoms with Gasteiger partial charge in [0.1, 0.15) is 0 Å². The van der Waals surface area contributed by atoms with Crippen LogP contribution < -0.4 is 19.3 Å². The molecule has 0 saturated heterocycles. The Labute approximate surface area is 366 Å². The number of anilines is 6.